The number of epoxide rings is 1. The van der Waals surface area contributed by atoms with E-state index >= 15 is 0 Å². The third-order valence-electron chi connectivity index (χ3n) is 3.76. The highest BCUT2D eigenvalue weighted by molar-refractivity contribution is 9.10. The molecule has 1 fully saturated rings. The fourth-order valence-corrected chi connectivity index (χ4v) is 3.55. The van der Waals surface area contributed by atoms with Gasteiger partial charge >= 0.3 is 5.97 Å². The summed E-state index contributed by atoms with van der Waals surface area (Å²) in [4.78, 5) is 12.3. The molecule has 2 atom stereocenters. The van der Waals surface area contributed by atoms with Crippen molar-refractivity contribution in [1.29, 1.82) is 0 Å². The smallest absolute Gasteiger partial charge is 0.341 e. The highest BCUT2D eigenvalue weighted by atomic mass is 79.9. The van der Waals surface area contributed by atoms with Crippen LogP contribution in [0.5, 0.6) is 0 Å². The maximum Gasteiger partial charge on any atom is 0.341 e. The Morgan fingerprint density at radius 2 is 2.15 bits per heavy atom. The Morgan fingerprint density at radius 3 is 2.70 bits per heavy atom. The van der Waals surface area contributed by atoms with Gasteiger partial charge in [0, 0.05) is 15.1 Å². The Kier molecular flexibility index (Phi) is 4.47. The zero-order chi connectivity index (χ0) is 15.0. The van der Waals surface area contributed by atoms with Crippen molar-refractivity contribution in [3.05, 3.63) is 33.3 Å². The van der Waals surface area contributed by atoms with Gasteiger partial charge in [0.1, 0.15) is 5.60 Å². The van der Waals surface area contributed by atoms with Gasteiger partial charge in [-0.1, -0.05) is 46.9 Å². The van der Waals surface area contributed by atoms with E-state index in [1.54, 1.807) is 6.92 Å². The van der Waals surface area contributed by atoms with Crippen LogP contribution in [0.4, 0.5) is 0 Å². The van der Waals surface area contributed by atoms with Gasteiger partial charge < -0.3 is 9.47 Å². The molecular weight excluding hydrogens is 344 g/mol. The molecule has 0 amide bonds. The molecule has 0 radical (unpaired) electrons. The van der Waals surface area contributed by atoms with Gasteiger partial charge in [-0.05, 0) is 32.4 Å². The fourth-order valence-electron chi connectivity index (χ4n) is 2.70. The van der Waals surface area contributed by atoms with Crippen molar-refractivity contribution in [3.8, 4) is 0 Å². The third kappa shape index (κ3) is 2.38. The average molecular weight is 362 g/mol. The summed E-state index contributed by atoms with van der Waals surface area (Å²) < 4.78 is 12.0. The first-order valence-electron chi connectivity index (χ1n) is 6.74. The van der Waals surface area contributed by atoms with E-state index in [0.29, 0.717) is 18.1 Å². The molecule has 1 aromatic carbocycles. The highest BCUT2D eigenvalue weighted by Gasteiger charge is 2.73. The maximum absolute atomic E-state index is 12.3. The molecule has 2 unspecified atom stereocenters. The van der Waals surface area contributed by atoms with Gasteiger partial charge in [-0.2, -0.15) is 0 Å². The second kappa shape index (κ2) is 5.66. The summed E-state index contributed by atoms with van der Waals surface area (Å²) in [5, 5.41) is 0.587. The number of ether oxygens (including phenoxy) is 2. The SMILES string of the molecule is CCCC1(C(=O)OCC)OC1(C)c1ccc(Br)cc1Cl. The lowest BCUT2D eigenvalue weighted by molar-refractivity contribution is -0.149. The molecule has 1 saturated heterocycles. The number of hydrogen-bond donors (Lipinski definition) is 0. The minimum atomic E-state index is -0.908. The van der Waals surface area contributed by atoms with Gasteiger partial charge in [-0.15, -0.1) is 0 Å². The molecule has 0 aromatic heterocycles. The summed E-state index contributed by atoms with van der Waals surface area (Å²) in [5.41, 5.74) is -0.800. The van der Waals surface area contributed by atoms with Crippen molar-refractivity contribution >= 4 is 33.5 Å². The van der Waals surface area contributed by atoms with Crippen LogP contribution in [0.25, 0.3) is 0 Å². The van der Waals surface area contributed by atoms with Gasteiger partial charge in [0.15, 0.2) is 5.60 Å². The van der Waals surface area contributed by atoms with Crippen LogP contribution in [0, 0.1) is 0 Å². The Bertz CT molecular complexity index is 534. The molecule has 0 bridgehead atoms. The van der Waals surface area contributed by atoms with Gasteiger partial charge in [0.2, 0.25) is 0 Å². The number of esters is 1. The molecule has 0 saturated carbocycles. The van der Waals surface area contributed by atoms with Crippen molar-refractivity contribution in [1.82, 2.24) is 0 Å². The fraction of sp³-hybridized carbons (Fsp3) is 0.533. The number of carbonyl (C=O) groups is 1. The number of halogens is 2. The number of carbonyl (C=O) groups excluding carboxylic acids is 1. The highest BCUT2D eigenvalue weighted by Crippen LogP contribution is 2.60. The minimum absolute atomic E-state index is 0.302. The Hall–Kier alpha value is -0.580. The predicted molar refractivity (Wildman–Crippen MR) is 81.9 cm³/mol. The zero-order valence-electron chi connectivity index (χ0n) is 11.8. The normalized spacial score (nSPS) is 28.2. The molecule has 0 N–H and O–H groups in total. The Labute approximate surface area is 132 Å². The van der Waals surface area contributed by atoms with Crippen molar-refractivity contribution in [3.63, 3.8) is 0 Å². The van der Waals surface area contributed by atoms with Crippen LogP contribution in [-0.2, 0) is 19.9 Å². The lowest BCUT2D eigenvalue weighted by atomic mass is 9.84. The van der Waals surface area contributed by atoms with Crippen LogP contribution >= 0.6 is 27.5 Å². The molecule has 5 heteroatoms. The van der Waals surface area contributed by atoms with E-state index in [0.717, 1.165) is 16.5 Å². The molecule has 1 heterocycles. The number of benzene rings is 1. The molecule has 20 heavy (non-hydrogen) atoms. The van der Waals surface area contributed by atoms with E-state index in [1.165, 1.54) is 0 Å². The van der Waals surface area contributed by atoms with Crippen molar-refractivity contribution < 1.29 is 14.3 Å². The largest absolute Gasteiger partial charge is 0.464 e. The van der Waals surface area contributed by atoms with Gasteiger partial charge in [0.05, 0.1) is 6.61 Å². The quantitative estimate of drug-likeness (QED) is 0.574. The van der Waals surface area contributed by atoms with Crippen molar-refractivity contribution in [2.45, 2.75) is 44.8 Å². The van der Waals surface area contributed by atoms with E-state index in [9.17, 15) is 4.79 Å². The van der Waals surface area contributed by atoms with Gasteiger partial charge in [-0.3, -0.25) is 0 Å². The molecule has 1 aromatic rings. The molecule has 2 rings (SSSR count). The molecule has 0 spiro atoms. The van der Waals surface area contributed by atoms with E-state index in [4.69, 9.17) is 21.1 Å². The Morgan fingerprint density at radius 1 is 1.45 bits per heavy atom. The monoisotopic (exact) mass is 360 g/mol. The first-order valence-corrected chi connectivity index (χ1v) is 7.91. The van der Waals surface area contributed by atoms with Gasteiger partial charge in [0.25, 0.3) is 0 Å². The lowest BCUT2D eigenvalue weighted by Crippen LogP contribution is -2.33. The average Bonchev–Trinajstić information content (AvgIpc) is 2.97. The summed E-state index contributed by atoms with van der Waals surface area (Å²) in [6, 6.07) is 5.60. The van der Waals surface area contributed by atoms with Gasteiger partial charge in [-0.25, -0.2) is 4.79 Å². The van der Waals surface area contributed by atoms with Crippen LogP contribution in [0.2, 0.25) is 5.02 Å². The summed E-state index contributed by atoms with van der Waals surface area (Å²) >= 11 is 9.68. The van der Waals surface area contributed by atoms with E-state index < -0.39 is 11.2 Å². The molecule has 110 valence electrons. The molecule has 1 aliphatic heterocycles. The third-order valence-corrected chi connectivity index (χ3v) is 4.57. The molecular formula is C15H18BrClO3. The lowest BCUT2D eigenvalue weighted by Gasteiger charge is -2.16. The van der Waals surface area contributed by atoms with Crippen molar-refractivity contribution in [2.24, 2.45) is 0 Å². The minimum Gasteiger partial charge on any atom is -0.464 e. The summed E-state index contributed by atoms with van der Waals surface area (Å²) in [7, 11) is 0. The van der Waals surface area contributed by atoms with Crippen LogP contribution in [0.15, 0.2) is 22.7 Å². The van der Waals surface area contributed by atoms with E-state index in [1.807, 2.05) is 32.0 Å². The standard InChI is InChI=1S/C15H18BrClO3/c1-4-8-15(13(18)19-5-2)14(3,20-15)11-7-6-10(16)9-12(11)17/h6-7,9H,4-5,8H2,1-3H3. The topological polar surface area (TPSA) is 38.8 Å². The first kappa shape index (κ1) is 15.8. The maximum atomic E-state index is 12.3. The zero-order valence-corrected chi connectivity index (χ0v) is 14.2. The molecule has 0 aliphatic carbocycles. The molecule has 1 aliphatic rings. The number of rotatable bonds is 5. The van der Waals surface area contributed by atoms with Crippen LogP contribution < -0.4 is 0 Å². The van der Waals surface area contributed by atoms with Crippen molar-refractivity contribution in [2.75, 3.05) is 6.61 Å². The van der Waals surface area contributed by atoms with Crippen LogP contribution in [0.1, 0.15) is 39.2 Å². The van der Waals surface area contributed by atoms with Crippen LogP contribution in [0.3, 0.4) is 0 Å². The summed E-state index contributed by atoms with van der Waals surface area (Å²) in [6.07, 6.45) is 1.46. The second-order valence-electron chi connectivity index (χ2n) is 5.06. The number of hydrogen-bond acceptors (Lipinski definition) is 3. The first-order chi connectivity index (χ1) is 9.41. The van der Waals surface area contributed by atoms with E-state index in [-0.39, 0.29) is 5.97 Å². The van der Waals surface area contributed by atoms with E-state index in [2.05, 4.69) is 15.9 Å². The van der Waals surface area contributed by atoms with Crippen LogP contribution in [-0.4, -0.2) is 18.2 Å². The Balaban J connectivity index is 2.38. The summed E-state index contributed by atoms with van der Waals surface area (Å²) in [5.74, 6) is -0.302. The molecule has 3 nitrogen and oxygen atoms in total. The summed E-state index contributed by atoms with van der Waals surface area (Å²) in [6.45, 7) is 6.06. The predicted octanol–water partition coefficient (Wildman–Crippen LogP) is 4.45. The second-order valence-corrected chi connectivity index (χ2v) is 6.38.